The first-order valence-electron chi connectivity index (χ1n) is 6.97. The normalized spacial score (nSPS) is 10.7. The molecule has 2 nitrogen and oxygen atoms in total. The van der Waals surface area contributed by atoms with Crippen LogP contribution in [-0.4, -0.2) is 12.9 Å². The maximum atomic E-state index is 12.3. The Balaban J connectivity index is 2.12. The number of methoxy groups -OCH3 is 1. The molecule has 0 saturated heterocycles. The van der Waals surface area contributed by atoms with Gasteiger partial charge < -0.3 is 4.74 Å². The Morgan fingerprint density at radius 2 is 1.81 bits per heavy atom. The molecule has 0 heterocycles. The van der Waals surface area contributed by atoms with Crippen molar-refractivity contribution in [2.45, 2.75) is 26.2 Å². The third-order valence-electron chi connectivity index (χ3n) is 3.48. The third kappa shape index (κ3) is 3.94. The summed E-state index contributed by atoms with van der Waals surface area (Å²) < 4.78 is 5.97. The van der Waals surface area contributed by atoms with E-state index in [9.17, 15) is 4.79 Å². The molecule has 3 heteroatoms. The average Bonchev–Trinajstić information content (AvgIpc) is 2.47. The van der Waals surface area contributed by atoms with Gasteiger partial charge >= 0.3 is 0 Å². The number of halogens is 1. The average molecular weight is 347 g/mol. The maximum absolute atomic E-state index is 12.3. The lowest BCUT2D eigenvalue weighted by atomic mass is 9.98. The smallest absolute Gasteiger partial charge is 0.167 e. The van der Waals surface area contributed by atoms with Gasteiger partial charge in [-0.05, 0) is 51.2 Å². The van der Waals surface area contributed by atoms with Crippen molar-refractivity contribution in [3.05, 3.63) is 63.6 Å². The summed E-state index contributed by atoms with van der Waals surface area (Å²) in [5.41, 5.74) is 3.02. The fraction of sp³-hybridized carbons (Fsp3) is 0.278. The van der Waals surface area contributed by atoms with Gasteiger partial charge in [0.1, 0.15) is 5.75 Å². The molecular formula is C18H19BrO2. The molecule has 0 spiro atoms. The van der Waals surface area contributed by atoms with E-state index < -0.39 is 0 Å². The second kappa shape index (κ2) is 6.90. The number of carbonyl (C=O) groups is 1. The maximum Gasteiger partial charge on any atom is 0.167 e. The molecule has 0 aromatic heterocycles. The van der Waals surface area contributed by atoms with Gasteiger partial charge in [0, 0.05) is 12.0 Å². The highest BCUT2D eigenvalue weighted by atomic mass is 79.9. The van der Waals surface area contributed by atoms with E-state index in [0.29, 0.717) is 17.9 Å². The molecule has 0 amide bonds. The summed E-state index contributed by atoms with van der Waals surface area (Å²) in [5.74, 6) is 1.34. The molecule has 0 aliphatic carbocycles. The van der Waals surface area contributed by atoms with Crippen LogP contribution in [0.15, 0.2) is 46.9 Å². The molecule has 0 saturated carbocycles. The van der Waals surface area contributed by atoms with Crippen molar-refractivity contribution in [3.63, 3.8) is 0 Å². The second-order valence-electron chi connectivity index (χ2n) is 5.35. The van der Waals surface area contributed by atoms with Crippen LogP contribution in [0.2, 0.25) is 0 Å². The fourth-order valence-corrected chi connectivity index (χ4v) is 2.69. The van der Waals surface area contributed by atoms with Crippen molar-refractivity contribution in [1.29, 1.82) is 0 Å². The van der Waals surface area contributed by atoms with Crippen LogP contribution in [0.25, 0.3) is 0 Å². The zero-order chi connectivity index (χ0) is 15.4. The van der Waals surface area contributed by atoms with Crippen molar-refractivity contribution in [1.82, 2.24) is 0 Å². The third-order valence-corrected chi connectivity index (χ3v) is 4.10. The van der Waals surface area contributed by atoms with E-state index in [1.807, 2.05) is 18.2 Å². The van der Waals surface area contributed by atoms with Crippen LogP contribution < -0.4 is 4.74 Å². The number of hydrogen-bond acceptors (Lipinski definition) is 2. The SMILES string of the molecule is COc1ccc(C(=O)Cc2ccc(C(C)C)cc2)cc1Br. The molecule has 0 aliphatic heterocycles. The topological polar surface area (TPSA) is 26.3 Å². The number of hydrogen-bond donors (Lipinski definition) is 0. The highest BCUT2D eigenvalue weighted by Gasteiger charge is 2.10. The lowest BCUT2D eigenvalue weighted by molar-refractivity contribution is 0.0993. The van der Waals surface area contributed by atoms with E-state index in [1.165, 1.54) is 5.56 Å². The van der Waals surface area contributed by atoms with Crippen LogP contribution >= 0.6 is 15.9 Å². The summed E-state index contributed by atoms with van der Waals surface area (Å²) >= 11 is 3.41. The zero-order valence-electron chi connectivity index (χ0n) is 12.5. The Hall–Kier alpha value is -1.61. The van der Waals surface area contributed by atoms with Crippen LogP contribution in [-0.2, 0) is 6.42 Å². The molecule has 0 unspecified atom stereocenters. The van der Waals surface area contributed by atoms with E-state index in [2.05, 4.69) is 41.9 Å². The van der Waals surface area contributed by atoms with Crippen molar-refractivity contribution >= 4 is 21.7 Å². The number of Topliss-reactive ketones (excluding diaryl/α,β-unsaturated/α-hetero) is 1. The summed E-state index contributed by atoms with van der Waals surface area (Å²) in [4.78, 5) is 12.3. The monoisotopic (exact) mass is 346 g/mol. The van der Waals surface area contributed by atoms with E-state index in [0.717, 1.165) is 15.8 Å². The van der Waals surface area contributed by atoms with Crippen molar-refractivity contribution < 1.29 is 9.53 Å². The van der Waals surface area contributed by atoms with Gasteiger partial charge in [0.2, 0.25) is 0 Å². The number of benzene rings is 2. The number of ether oxygens (including phenoxy) is 1. The zero-order valence-corrected chi connectivity index (χ0v) is 14.1. The lowest BCUT2D eigenvalue weighted by Crippen LogP contribution is -2.04. The minimum atomic E-state index is 0.107. The Bertz CT molecular complexity index is 630. The highest BCUT2D eigenvalue weighted by molar-refractivity contribution is 9.10. The van der Waals surface area contributed by atoms with Crippen molar-refractivity contribution in [2.24, 2.45) is 0 Å². The molecule has 0 radical (unpaired) electrons. The van der Waals surface area contributed by atoms with E-state index in [4.69, 9.17) is 4.74 Å². The van der Waals surface area contributed by atoms with E-state index >= 15 is 0 Å². The van der Waals surface area contributed by atoms with Gasteiger partial charge in [-0.2, -0.15) is 0 Å². The van der Waals surface area contributed by atoms with Crippen LogP contribution in [0.4, 0.5) is 0 Å². The first-order valence-corrected chi connectivity index (χ1v) is 7.76. The molecule has 0 fully saturated rings. The number of carbonyl (C=O) groups excluding carboxylic acids is 1. The number of ketones is 1. The minimum absolute atomic E-state index is 0.107. The lowest BCUT2D eigenvalue weighted by Gasteiger charge is -2.08. The Kier molecular flexibility index (Phi) is 5.18. The number of rotatable bonds is 5. The molecule has 0 bridgehead atoms. The van der Waals surface area contributed by atoms with Gasteiger partial charge in [-0.15, -0.1) is 0 Å². The fourth-order valence-electron chi connectivity index (χ4n) is 2.15. The predicted octanol–water partition coefficient (Wildman–Crippen LogP) is 5.01. The molecule has 2 aromatic rings. The standard InChI is InChI=1S/C18H19BrO2/c1-12(2)14-6-4-13(5-7-14)10-17(20)15-8-9-18(21-3)16(19)11-15/h4-9,11-12H,10H2,1-3H3. The molecule has 110 valence electrons. The first-order chi connectivity index (χ1) is 10.0. The second-order valence-corrected chi connectivity index (χ2v) is 6.20. The van der Waals surface area contributed by atoms with Gasteiger partial charge in [-0.1, -0.05) is 38.1 Å². The molecule has 21 heavy (non-hydrogen) atoms. The summed E-state index contributed by atoms with van der Waals surface area (Å²) in [6.45, 7) is 4.32. The van der Waals surface area contributed by atoms with Crippen LogP contribution in [0.5, 0.6) is 5.75 Å². The van der Waals surface area contributed by atoms with Crippen LogP contribution in [0.1, 0.15) is 41.3 Å². The molecule has 2 rings (SSSR count). The Morgan fingerprint density at radius 1 is 1.14 bits per heavy atom. The Labute approximate surface area is 134 Å². The molecular weight excluding hydrogens is 328 g/mol. The Morgan fingerprint density at radius 3 is 2.33 bits per heavy atom. The van der Waals surface area contributed by atoms with E-state index in [1.54, 1.807) is 19.2 Å². The van der Waals surface area contributed by atoms with Crippen LogP contribution in [0, 0.1) is 0 Å². The predicted molar refractivity (Wildman–Crippen MR) is 89.3 cm³/mol. The van der Waals surface area contributed by atoms with Crippen molar-refractivity contribution in [3.8, 4) is 5.75 Å². The summed E-state index contributed by atoms with van der Waals surface area (Å²) in [6.07, 6.45) is 0.414. The molecule has 0 N–H and O–H groups in total. The first kappa shape index (κ1) is 15.8. The van der Waals surface area contributed by atoms with Gasteiger partial charge in [-0.25, -0.2) is 0 Å². The minimum Gasteiger partial charge on any atom is -0.496 e. The quantitative estimate of drug-likeness (QED) is 0.711. The van der Waals surface area contributed by atoms with Gasteiger partial charge in [0.15, 0.2) is 5.78 Å². The van der Waals surface area contributed by atoms with E-state index in [-0.39, 0.29) is 5.78 Å². The van der Waals surface area contributed by atoms with Gasteiger partial charge in [-0.3, -0.25) is 4.79 Å². The molecule has 0 atom stereocenters. The van der Waals surface area contributed by atoms with Gasteiger partial charge in [0.25, 0.3) is 0 Å². The highest BCUT2D eigenvalue weighted by Crippen LogP contribution is 2.26. The summed E-state index contributed by atoms with van der Waals surface area (Å²) in [5, 5.41) is 0. The molecule has 0 aliphatic rings. The van der Waals surface area contributed by atoms with Crippen molar-refractivity contribution in [2.75, 3.05) is 7.11 Å². The molecule has 2 aromatic carbocycles. The van der Waals surface area contributed by atoms with Gasteiger partial charge in [0.05, 0.1) is 11.6 Å². The summed E-state index contributed by atoms with van der Waals surface area (Å²) in [7, 11) is 1.61. The largest absolute Gasteiger partial charge is 0.496 e. The van der Waals surface area contributed by atoms with Crippen LogP contribution in [0.3, 0.4) is 0 Å². The summed E-state index contributed by atoms with van der Waals surface area (Å²) in [6, 6.07) is 13.7.